The molecule has 0 saturated carbocycles. The van der Waals surface area contributed by atoms with E-state index in [9.17, 15) is 9.59 Å². The number of carbonyl (C=O) groups is 2. The van der Waals surface area contributed by atoms with Crippen molar-refractivity contribution in [1.82, 2.24) is 9.78 Å². The van der Waals surface area contributed by atoms with Crippen LogP contribution in [0.4, 0.5) is 5.69 Å². The van der Waals surface area contributed by atoms with Gasteiger partial charge in [0.05, 0.1) is 5.69 Å². The first-order chi connectivity index (χ1) is 11.8. The number of benzene rings is 1. The number of carbonyl (C=O) groups excluding carboxylic acids is 2. The van der Waals surface area contributed by atoms with E-state index < -0.39 is 12.1 Å². The van der Waals surface area contributed by atoms with E-state index in [1.807, 2.05) is 38.1 Å². The molecule has 0 spiro atoms. The maximum absolute atomic E-state index is 12.9. The molecule has 2 atom stereocenters. The molecule has 2 heterocycles. The molecule has 132 valence electrons. The Hall–Kier alpha value is -2.63. The van der Waals surface area contributed by atoms with Gasteiger partial charge in [0.1, 0.15) is 5.56 Å². The lowest BCUT2D eigenvalue weighted by molar-refractivity contribution is -0.126. The highest BCUT2D eigenvalue weighted by Crippen LogP contribution is 2.32. The summed E-state index contributed by atoms with van der Waals surface area (Å²) in [5.74, 6) is -0.714. The molecule has 0 unspecified atom stereocenters. The van der Waals surface area contributed by atoms with E-state index >= 15 is 0 Å². The van der Waals surface area contributed by atoms with E-state index in [1.165, 1.54) is 0 Å². The van der Waals surface area contributed by atoms with Crippen LogP contribution in [0.2, 0.25) is 0 Å². The Morgan fingerprint density at radius 2 is 1.96 bits per heavy atom. The second-order valence-corrected chi connectivity index (χ2v) is 6.61. The van der Waals surface area contributed by atoms with E-state index in [4.69, 9.17) is 4.74 Å². The molecule has 0 bridgehead atoms. The van der Waals surface area contributed by atoms with Gasteiger partial charge in [-0.25, -0.2) is 4.79 Å². The second kappa shape index (κ2) is 6.35. The summed E-state index contributed by atoms with van der Waals surface area (Å²) < 4.78 is 7.10. The van der Waals surface area contributed by atoms with Crippen LogP contribution in [0.15, 0.2) is 24.3 Å². The number of hydrogen-bond acceptors (Lipinski definition) is 4. The minimum absolute atomic E-state index is 0.0490. The van der Waals surface area contributed by atoms with Crippen LogP contribution in [0.5, 0.6) is 0 Å². The standard InChI is InChI=1S/C19H23N3O3/c1-11-10-15-8-6-7-9-16(15)22(11)18(23)14(4)25-19(24)17-12(2)20-21(5)13(17)3/h6-9,11,14H,10H2,1-5H3/t11-,14-/m1/s1. The van der Waals surface area contributed by atoms with Crippen LogP contribution < -0.4 is 4.90 Å². The van der Waals surface area contributed by atoms with Gasteiger partial charge in [0.2, 0.25) is 0 Å². The zero-order chi connectivity index (χ0) is 18.3. The first kappa shape index (κ1) is 17.2. The molecule has 0 radical (unpaired) electrons. The van der Waals surface area contributed by atoms with E-state index in [-0.39, 0.29) is 11.9 Å². The molecule has 1 amide bonds. The fourth-order valence-corrected chi connectivity index (χ4v) is 3.44. The Morgan fingerprint density at radius 1 is 1.28 bits per heavy atom. The number of amides is 1. The number of aromatic nitrogens is 2. The van der Waals surface area contributed by atoms with E-state index in [0.29, 0.717) is 11.3 Å². The van der Waals surface area contributed by atoms with Crippen LogP contribution >= 0.6 is 0 Å². The fourth-order valence-electron chi connectivity index (χ4n) is 3.44. The van der Waals surface area contributed by atoms with Crippen molar-refractivity contribution in [1.29, 1.82) is 0 Å². The number of para-hydroxylation sites is 1. The van der Waals surface area contributed by atoms with Gasteiger partial charge in [0.25, 0.3) is 5.91 Å². The molecule has 1 aliphatic heterocycles. The molecule has 2 aromatic rings. The minimum Gasteiger partial charge on any atom is -0.449 e. The SMILES string of the molecule is Cc1nn(C)c(C)c1C(=O)O[C@H](C)C(=O)N1c2ccccc2C[C@H]1C. The Morgan fingerprint density at radius 3 is 2.60 bits per heavy atom. The van der Waals surface area contributed by atoms with Gasteiger partial charge in [-0.15, -0.1) is 0 Å². The van der Waals surface area contributed by atoms with Crippen molar-refractivity contribution in [2.75, 3.05) is 4.90 Å². The van der Waals surface area contributed by atoms with Crippen molar-refractivity contribution in [2.24, 2.45) is 7.05 Å². The third-order valence-electron chi connectivity index (χ3n) is 4.79. The molecule has 0 N–H and O–H groups in total. The summed E-state index contributed by atoms with van der Waals surface area (Å²) in [6, 6.07) is 7.89. The molecular formula is C19H23N3O3. The van der Waals surface area contributed by atoms with E-state index in [2.05, 4.69) is 5.10 Å². The first-order valence-corrected chi connectivity index (χ1v) is 8.43. The summed E-state index contributed by atoms with van der Waals surface area (Å²) in [7, 11) is 1.77. The molecule has 1 aliphatic rings. The zero-order valence-corrected chi connectivity index (χ0v) is 15.2. The van der Waals surface area contributed by atoms with Crippen molar-refractivity contribution in [3.8, 4) is 0 Å². The number of anilines is 1. The van der Waals surface area contributed by atoms with Gasteiger partial charge in [0.15, 0.2) is 6.10 Å². The average Bonchev–Trinajstić information content (AvgIpc) is 3.01. The fraction of sp³-hybridized carbons (Fsp3) is 0.421. The number of aryl methyl sites for hydroxylation is 2. The van der Waals surface area contributed by atoms with Gasteiger partial charge in [-0.05, 0) is 45.7 Å². The van der Waals surface area contributed by atoms with Gasteiger partial charge >= 0.3 is 5.97 Å². The van der Waals surface area contributed by atoms with Crippen LogP contribution in [0.1, 0.15) is 41.2 Å². The number of ether oxygens (including phenoxy) is 1. The molecule has 1 aromatic heterocycles. The van der Waals surface area contributed by atoms with Gasteiger partial charge in [0, 0.05) is 24.5 Å². The Labute approximate surface area is 147 Å². The second-order valence-electron chi connectivity index (χ2n) is 6.61. The van der Waals surface area contributed by atoms with Crippen molar-refractivity contribution in [2.45, 2.75) is 46.3 Å². The summed E-state index contributed by atoms with van der Waals surface area (Å²) in [6.07, 6.45) is -0.0521. The third kappa shape index (κ3) is 2.92. The Balaban J connectivity index is 1.78. The number of fused-ring (bicyclic) bond motifs is 1. The maximum Gasteiger partial charge on any atom is 0.342 e. The van der Waals surface area contributed by atoms with Crippen molar-refractivity contribution >= 4 is 17.6 Å². The van der Waals surface area contributed by atoms with Gasteiger partial charge < -0.3 is 9.64 Å². The summed E-state index contributed by atoms with van der Waals surface area (Å²) >= 11 is 0. The van der Waals surface area contributed by atoms with Crippen molar-refractivity contribution in [3.63, 3.8) is 0 Å². The normalized spacial score (nSPS) is 17.3. The van der Waals surface area contributed by atoms with E-state index in [0.717, 1.165) is 23.4 Å². The molecule has 0 aliphatic carbocycles. The van der Waals surface area contributed by atoms with Crippen LogP contribution in [0.25, 0.3) is 0 Å². The van der Waals surface area contributed by atoms with Crippen LogP contribution in [-0.2, 0) is 23.0 Å². The lowest BCUT2D eigenvalue weighted by Gasteiger charge is -2.26. The molecule has 0 saturated heterocycles. The molecule has 6 heteroatoms. The van der Waals surface area contributed by atoms with Crippen LogP contribution in [-0.4, -0.2) is 33.8 Å². The third-order valence-corrected chi connectivity index (χ3v) is 4.79. The summed E-state index contributed by atoms with van der Waals surface area (Å²) in [6.45, 7) is 7.19. The molecule has 25 heavy (non-hydrogen) atoms. The smallest absolute Gasteiger partial charge is 0.342 e. The van der Waals surface area contributed by atoms with Crippen LogP contribution in [0, 0.1) is 13.8 Å². The molecule has 1 aromatic carbocycles. The summed E-state index contributed by atoms with van der Waals surface area (Å²) in [5.41, 5.74) is 3.79. The van der Waals surface area contributed by atoms with Gasteiger partial charge in [-0.2, -0.15) is 5.10 Å². The largest absolute Gasteiger partial charge is 0.449 e. The first-order valence-electron chi connectivity index (χ1n) is 8.43. The highest BCUT2D eigenvalue weighted by Gasteiger charge is 2.35. The van der Waals surface area contributed by atoms with Crippen LogP contribution in [0.3, 0.4) is 0 Å². The highest BCUT2D eigenvalue weighted by atomic mass is 16.5. The average molecular weight is 341 g/mol. The predicted molar refractivity (Wildman–Crippen MR) is 94.7 cm³/mol. The Kier molecular flexibility index (Phi) is 4.37. The molecule has 3 rings (SSSR count). The lowest BCUT2D eigenvalue weighted by atomic mass is 10.1. The lowest BCUT2D eigenvalue weighted by Crippen LogP contribution is -2.43. The van der Waals surface area contributed by atoms with E-state index in [1.54, 1.807) is 30.5 Å². The number of nitrogens with zero attached hydrogens (tertiary/aromatic N) is 3. The van der Waals surface area contributed by atoms with Gasteiger partial charge in [-0.1, -0.05) is 18.2 Å². The maximum atomic E-state index is 12.9. The number of esters is 1. The Bertz CT molecular complexity index is 840. The monoisotopic (exact) mass is 341 g/mol. The van der Waals surface area contributed by atoms with Crippen molar-refractivity contribution in [3.05, 3.63) is 46.8 Å². The predicted octanol–water partition coefficient (Wildman–Crippen LogP) is 2.56. The summed E-state index contributed by atoms with van der Waals surface area (Å²) in [4.78, 5) is 27.1. The quantitative estimate of drug-likeness (QED) is 0.805. The highest BCUT2D eigenvalue weighted by molar-refractivity contribution is 6.01. The number of hydrogen-bond donors (Lipinski definition) is 0. The topological polar surface area (TPSA) is 64.4 Å². The number of rotatable bonds is 3. The summed E-state index contributed by atoms with van der Waals surface area (Å²) in [5, 5.41) is 4.22. The zero-order valence-electron chi connectivity index (χ0n) is 15.2. The minimum atomic E-state index is -0.861. The van der Waals surface area contributed by atoms with Gasteiger partial charge in [-0.3, -0.25) is 9.48 Å². The molecular weight excluding hydrogens is 318 g/mol. The molecule has 0 fully saturated rings. The van der Waals surface area contributed by atoms with Crippen molar-refractivity contribution < 1.29 is 14.3 Å². The molecule has 6 nitrogen and oxygen atoms in total.